The van der Waals surface area contributed by atoms with Crippen LogP contribution in [0.5, 0.6) is 5.75 Å². The van der Waals surface area contributed by atoms with Crippen LogP contribution in [0, 0.1) is 11.7 Å². The van der Waals surface area contributed by atoms with Crippen molar-refractivity contribution in [3.63, 3.8) is 0 Å². The minimum atomic E-state index is -0.515. The van der Waals surface area contributed by atoms with Gasteiger partial charge in [0.2, 0.25) is 22.9 Å². The number of ether oxygens (including phenoxy) is 1. The van der Waals surface area contributed by atoms with Gasteiger partial charge in [0.25, 0.3) is 0 Å². The van der Waals surface area contributed by atoms with Crippen molar-refractivity contribution in [3.8, 4) is 5.75 Å². The maximum atomic E-state index is 13.2. The van der Waals surface area contributed by atoms with Gasteiger partial charge in [-0.2, -0.15) is 0 Å². The number of rotatable bonds is 7. The molecule has 2 saturated heterocycles. The van der Waals surface area contributed by atoms with Gasteiger partial charge in [-0.1, -0.05) is 11.3 Å². The molecule has 11 heteroatoms. The van der Waals surface area contributed by atoms with Crippen LogP contribution in [0.1, 0.15) is 30.7 Å². The van der Waals surface area contributed by atoms with Gasteiger partial charge in [-0.25, -0.2) is 4.39 Å². The molecule has 9 nitrogen and oxygen atoms in total. The SMILES string of the molecule is CCOc1ccc(N2CC(C(=O)Nc3nnc(C4CC(=O)N(c5ccc(F)cc5)C4)s3)CC2=O)cc1. The van der Waals surface area contributed by atoms with Crippen LogP contribution in [0.25, 0.3) is 0 Å². The van der Waals surface area contributed by atoms with E-state index in [1.165, 1.54) is 23.5 Å². The van der Waals surface area contributed by atoms with E-state index in [0.717, 1.165) is 5.75 Å². The summed E-state index contributed by atoms with van der Waals surface area (Å²) < 4.78 is 18.7. The van der Waals surface area contributed by atoms with Crippen LogP contribution in [-0.2, 0) is 14.4 Å². The van der Waals surface area contributed by atoms with E-state index in [4.69, 9.17) is 4.74 Å². The number of amides is 3. The van der Waals surface area contributed by atoms with Crippen molar-refractivity contribution in [3.05, 3.63) is 59.4 Å². The maximum absolute atomic E-state index is 13.2. The Hall–Kier alpha value is -3.86. The number of hydrogen-bond donors (Lipinski definition) is 1. The second kappa shape index (κ2) is 10.0. The molecular formula is C25H24FN5O4S. The number of carbonyl (C=O) groups excluding carboxylic acids is 3. The fourth-order valence-electron chi connectivity index (χ4n) is 4.42. The molecule has 0 spiro atoms. The Kier molecular flexibility index (Phi) is 6.64. The highest BCUT2D eigenvalue weighted by molar-refractivity contribution is 7.15. The lowest BCUT2D eigenvalue weighted by Gasteiger charge is -2.17. The number of nitrogens with zero attached hydrogens (tertiary/aromatic N) is 4. The molecule has 3 aromatic rings. The molecule has 2 unspecified atom stereocenters. The molecule has 3 heterocycles. The summed E-state index contributed by atoms with van der Waals surface area (Å²) in [5, 5.41) is 12.0. The Balaban J connectivity index is 1.19. The van der Waals surface area contributed by atoms with E-state index in [0.29, 0.717) is 34.7 Å². The summed E-state index contributed by atoms with van der Waals surface area (Å²) in [6.07, 6.45) is 0.364. The standard InChI is InChI=1S/C25H24FN5O4S/c1-2-35-20-9-7-19(8-10-20)30-13-15(11-21(30)32)23(34)27-25-29-28-24(36-25)16-12-22(33)31(14-16)18-5-3-17(26)4-6-18/h3-10,15-16H,2,11-14H2,1H3,(H,27,29,34). The first-order valence-corrected chi connectivity index (χ1v) is 12.5. The maximum Gasteiger partial charge on any atom is 0.231 e. The highest BCUT2D eigenvalue weighted by atomic mass is 32.1. The van der Waals surface area contributed by atoms with Crippen LogP contribution in [0.3, 0.4) is 0 Å². The predicted molar refractivity (Wildman–Crippen MR) is 133 cm³/mol. The summed E-state index contributed by atoms with van der Waals surface area (Å²) in [5.74, 6) is -0.826. The summed E-state index contributed by atoms with van der Waals surface area (Å²) in [7, 11) is 0. The lowest BCUT2D eigenvalue weighted by Crippen LogP contribution is -2.28. The molecule has 186 valence electrons. The zero-order valence-corrected chi connectivity index (χ0v) is 20.3. The van der Waals surface area contributed by atoms with Crippen LogP contribution < -0.4 is 19.9 Å². The lowest BCUT2D eigenvalue weighted by molar-refractivity contribution is -0.122. The zero-order valence-electron chi connectivity index (χ0n) is 19.5. The van der Waals surface area contributed by atoms with E-state index in [9.17, 15) is 18.8 Å². The normalized spacial score (nSPS) is 19.7. The predicted octanol–water partition coefficient (Wildman–Crippen LogP) is 3.59. The number of benzene rings is 2. The first-order valence-electron chi connectivity index (χ1n) is 11.6. The molecule has 1 aromatic heterocycles. The quantitative estimate of drug-likeness (QED) is 0.522. The van der Waals surface area contributed by atoms with E-state index < -0.39 is 5.92 Å². The molecule has 2 aliphatic rings. The van der Waals surface area contributed by atoms with Crippen LogP contribution in [-0.4, -0.2) is 47.6 Å². The van der Waals surface area contributed by atoms with E-state index in [-0.39, 0.29) is 48.8 Å². The number of aromatic nitrogens is 2. The molecule has 36 heavy (non-hydrogen) atoms. The van der Waals surface area contributed by atoms with E-state index >= 15 is 0 Å². The van der Waals surface area contributed by atoms with Crippen molar-refractivity contribution >= 4 is 45.6 Å². The Bertz CT molecular complexity index is 1280. The molecule has 0 saturated carbocycles. The third-order valence-electron chi connectivity index (χ3n) is 6.24. The number of halogens is 1. The van der Waals surface area contributed by atoms with Gasteiger partial charge >= 0.3 is 0 Å². The van der Waals surface area contributed by atoms with Gasteiger partial charge in [-0.05, 0) is 55.5 Å². The topological polar surface area (TPSA) is 105 Å². The van der Waals surface area contributed by atoms with E-state index in [1.54, 1.807) is 46.2 Å². The Morgan fingerprint density at radius 3 is 2.33 bits per heavy atom. The number of carbonyl (C=O) groups is 3. The second-order valence-corrected chi connectivity index (χ2v) is 9.66. The molecule has 2 aliphatic heterocycles. The molecule has 1 N–H and O–H groups in total. The van der Waals surface area contributed by atoms with Crippen molar-refractivity contribution < 1.29 is 23.5 Å². The third-order valence-corrected chi connectivity index (χ3v) is 7.24. The average molecular weight is 510 g/mol. The van der Waals surface area contributed by atoms with Crippen molar-refractivity contribution in [1.29, 1.82) is 0 Å². The summed E-state index contributed by atoms with van der Waals surface area (Å²) >= 11 is 1.22. The lowest BCUT2D eigenvalue weighted by atomic mass is 10.1. The zero-order chi connectivity index (χ0) is 25.2. The second-order valence-electron chi connectivity index (χ2n) is 8.65. The molecule has 0 aliphatic carbocycles. The number of nitrogens with one attached hydrogen (secondary N) is 1. The molecule has 3 amide bonds. The van der Waals surface area contributed by atoms with Crippen LogP contribution in [0.15, 0.2) is 48.5 Å². The van der Waals surface area contributed by atoms with Gasteiger partial charge < -0.3 is 19.9 Å². The van der Waals surface area contributed by atoms with Gasteiger partial charge in [-0.3, -0.25) is 14.4 Å². The Morgan fingerprint density at radius 1 is 1.00 bits per heavy atom. The van der Waals surface area contributed by atoms with Gasteiger partial charge in [0, 0.05) is 43.2 Å². The van der Waals surface area contributed by atoms with Gasteiger partial charge in [0.15, 0.2) is 0 Å². The van der Waals surface area contributed by atoms with E-state index in [2.05, 4.69) is 15.5 Å². The molecule has 2 aromatic carbocycles. The molecule has 0 radical (unpaired) electrons. The molecule has 5 rings (SSSR count). The summed E-state index contributed by atoms with van der Waals surface area (Å²) in [6.45, 7) is 3.13. The molecular weight excluding hydrogens is 485 g/mol. The fraction of sp³-hybridized carbons (Fsp3) is 0.320. The minimum Gasteiger partial charge on any atom is -0.494 e. The van der Waals surface area contributed by atoms with Gasteiger partial charge in [0.05, 0.1) is 12.5 Å². The van der Waals surface area contributed by atoms with Gasteiger partial charge in [0.1, 0.15) is 16.6 Å². The number of hydrogen-bond acceptors (Lipinski definition) is 7. The molecule has 0 bridgehead atoms. The highest BCUT2D eigenvalue weighted by Crippen LogP contribution is 2.35. The largest absolute Gasteiger partial charge is 0.494 e. The van der Waals surface area contributed by atoms with Crippen molar-refractivity contribution in [2.45, 2.75) is 25.7 Å². The van der Waals surface area contributed by atoms with Crippen molar-refractivity contribution in [1.82, 2.24) is 10.2 Å². The smallest absolute Gasteiger partial charge is 0.231 e. The van der Waals surface area contributed by atoms with Gasteiger partial charge in [-0.15, -0.1) is 10.2 Å². The Morgan fingerprint density at radius 2 is 1.64 bits per heavy atom. The summed E-state index contributed by atoms with van der Waals surface area (Å²) in [6, 6.07) is 13.0. The first-order chi connectivity index (χ1) is 17.4. The van der Waals surface area contributed by atoms with Crippen LogP contribution in [0.2, 0.25) is 0 Å². The first kappa shape index (κ1) is 23.9. The third kappa shape index (κ3) is 4.92. The van der Waals surface area contributed by atoms with Crippen molar-refractivity contribution in [2.75, 3.05) is 34.8 Å². The number of anilines is 3. The fourth-order valence-corrected chi connectivity index (χ4v) is 5.26. The van der Waals surface area contributed by atoms with Crippen LogP contribution >= 0.6 is 11.3 Å². The summed E-state index contributed by atoms with van der Waals surface area (Å²) in [5.41, 5.74) is 1.35. The van der Waals surface area contributed by atoms with Crippen molar-refractivity contribution in [2.24, 2.45) is 5.92 Å². The monoisotopic (exact) mass is 509 g/mol. The van der Waals surface area contributed by atoms with Crippen LogP contribution in [0.4, 0.5) is 20.9 Å². The molecule has 2 fully saturated rings. The average Bonchev–Trinajstić information content (AvgIpc) is 3.59. The summed E-state index contributed by atoms with van der Waals surface area (Å²) in [4.78, 5) is 41.1. The highest BCUT2D eigenvalue weighted by Gasteiger charge is 2.37. The Labute approximate surface area is 210 Å². The minimum absolute atomic E-state index is 0.0776. The van der Waals surface area contributed by atoms with E-state index in [1.807, 2.05) is 6.92 Å². The molecule has 2 atom stereocenters.